The van der Waals surface area contributed by atoms with Crippen molar-refractivity contribution in [2.24, 2.45) is 7.05 Å². The normalized spacial score (nSPS) is 11.6. The summed E-state index contributed by atoms with van der Waals surface area (Å²) in [6, 6.07) is 8.11. The summed E-state index contributed by atoms with van der Waals surface area (Å²) in [6.45, 7) is 7.77. The Labute approximate surface area is 120 Å². The number of aromatic nitrogens is 3. The van der Waals surface area contributed by atoms with Crippen LogP contribution < -0.4 is 10.1 Å². The first kappa shape index (κ1) is 14.5. The molecule has 0 amide bonds. The second-order valence-electron chi connectivity index (χ2n) is 5.92. The van der Waals surface area contributed by atoms with Gasteiger partial charge >= 0.3 is 0 Å². The van der Waals surface area contributed by atoms with Crippen LogP contribution in [0.15, 0.2) is 30.5 Å². The molecule has 0 radical (unpaired) electrons. The first-order valence-corrected chi connectivity index (χ1v) is 6.74. The van der Waals surface area contributed by atoms with E-state index in [0.717, 1.165) is 18.0 Å². The van der Waals surface area contributed by atoms with E-state index in [1.54, 1.807) is 4.68 Å². The standard InChI is InChI=1S/C15H22N4O/c1-15(2,3)16-9-12-5-7-14(8-6-12)20-11-13-10-19(4)18-17-13/h5-8,10,16H,9,11H2,1-4H3. The van der Waals surface area contributed by atoms with Gasteiger partial charge in [-0.1, -0.05) is 17.3 Å². The molecule has 0 bridgehead atoms. The number of benzene rings is 1. The van der Waals surface area contributed by atoms with Crippen molar-refractivity contribution in [1.29, 1.82) is 0 Å². The predicted octanol–water partition coefficient (Wildman–Crippen LogP) is 2.28. The van der Waals surface area contributed by atoms with Crippen molar-refractivity contribution in [2.45, 2.75) is 39.5 Å². The first-order valence-electron chi connectivity index (χ1n) is 6.74. The Hall–Kier alpha value is -1.88. The lowest BCUT2D eigenvalue weighted by Crippen LogP contribution is -2.34. The summed E-state index contributed by atoms with van der Waals surface area (Å²) in [5.41, 5.74) is 2.19. The molecule has 0 fully saturated rings. The molecular weight excluding hydrogens is 252 g/mol. The predicted molar refractivity (Wildman–Crippen MR) is 78.4 cm³/mol. The summed E-state index contributed by atoms with van der Waals surface area (Å²) in [6.07, 6.45) is 1.85. The Morgan fingerprint density at radius 3 is 2.45 bits per heavy atom. The maximum Gasteiger partial charge on any atom is 0.134 e. The zero-order valence-electron chi connectivity index (χ0n) is 12.6. The number of hydrogen-bond acceptors (Lipinski definition) is 4. The van der Waals surface area contributed by atoms with Crippen molar-refractivity contribution >= 4 is 0 Å². The van der Waals surface area contributed by atoms with Gasteiger partial charge in [-0.3, -0.25) is 4.68 Å². The van der Waals surface area contributed by atoms with Crippen LogP contribution in [0.4, 0.5) is 0 Å². The van der Waals surface area contributed by atoms with Crippen LogP contribution in [-0.2, 0) is 20.2 Å². The Morgan fingerprint density at radius 1 is 1.20 bits per heavy atom. The summed E-state index contributed by atoms with van der Waals surface area (Å²) in [4.78, 5) is 0. The van der Waals surface area contributed by atoms with Crippen LogP contribution in [0.3, 0.4) is 0 Å². The molecular formula is C15H22N4O. The van der Waals surface area contributed by atoms with Crippen molar-refractivity contribution < 1.29 is 4.74 Å². The number of hydrogen-bond donors (Lipinski definition) is 1. The lowest BCUT2D eigenvalue weighted by atomic mass is 10.1. The zero-order valence-corrected chi connectivity index (χ0v) is 12.6. The van der Waals surface area contributed by atoms with Crippen molar-refractivity contribution in [3.8, 4) is 5.75 Å². The van der Waals surface area contributed by atoms with E-state index in [4.69, 9.17) is 4.74 Å². The highest BCUT2D eigenvalue weighted by Crippen LogP contribution is 2.14. The van der Waals surface area contributed by atoms with Crippen molar-refractivity contribution in [3.63, 3.8) is 0 Å². The smallest absolute Gasteiger partial charge is 0.134 e. The van der Waals surface area contributed by atoms with Gasteiger partial charge in [-0.15, -0.1) is 5.10 Å². The van der Waals surface area contributed by atoms with Crippen LogP contribution in [0.25, 0.3) is 0 Å². The number of aryl methyl sites for hydroxylation is 1. The van der Waals surface area contributed by atoms with Crippen molar-refractivity contribution in [1.82, 2.24) is 20.3 Å². The third-order valence-electron chi connectivity index (χ3n) is 2.78. The minimum Gasteiger partial charge on any atom is -0.487 e. The molecule has 0 aliphatic heterocycles. The van der Waals surface area contributed by atoms with Gasteiger partial charge in [-0.2, -0.15) is 0 Å². The van der Waals surface area contributed by atoms with Gasteiger partial charge in [0.25, 0.3) is 0 Å². The van der Waals surface area contributed by atoms with E-state index in [9.17, 15) is 0 Å². The molecule has 5 nitrogen and oxygen atoms in total. The lowest BCUT2D eigenvalue weighted by molar-refractivity contribution is 0.301. The molecule has 5 heteroatoms. The Balaban J connectivity index is 1.85. The van der Waals surface area contributed by atoms with Crippen LogP contribution in [0.2, 0.25) is 0 Å². The minimum atomic E-state index is 0.126. The van der Waals surface area contributed by atoms with Gasteiger partial charge in [0.15, 0.2) is 0 Å². The van der Waals surface area contributed by atoms with Crippen molar-refractivity contribution in [2.75, 3.05) is 0 Å². The van der Waals surface area contributed by atoms with E-state index in [-0.39, 0.29) is 5.54 Å². The highest BCUT2D eigenvalue weighted by molar-refractivity contribution is 5.27. The van der Waals surface area contributed by atoms with Crippen LogP contribution in [0.5, 0.6) is 5.75 Å². The molecule has 0 aliphatic carbocycles. The maximum atomic E-state index is 5.67. The minimum absolute atomic E-state index is 0.126. The molecule has 0 unspecified atom stereocenters. The molecule has 108 valence electrons. The molecule has 1 heterocycles. The quantitative estimate of drug-likeness (QED) is 0.909. The van der Waals surface area contributed by atoms with E-state index >= 15 is 0 Å². The monoisotopic (exact) mass is 274 g/mol. The number of rotatable bonds is 5. The highest BCUT2D eigenvalue weighted by Gasteiger charge is 2.08. The topological polar surface area (TPSA) is 52.0 Å². The van der Waals surface area contributed by atoms with E-state index < -0.39 is 0 Å². The third-order valence-corrected chi connectivity index (χ3v) is 2.78. The van der Waals surface area contributed by atoms with E-state index in [1.807, 2.05) is 25.4 Å². The molecule has 1 N–H and O–H groups in total. The van der Waals surface area contributed by atoms with E-state index in [2.05, 4.69) is 48.5 Å². The molecule has 2 rings (SSSR count). The molecule has 1 aromatic carbocycles. The molecule has 1 aromatic heterocycles. The van der Waals surface area contributed by atoms with Gasteiger partial charge in [0.2, 0.25) is 0 Å². The largest absolute Gasteiger partial charge is 0.487 e. The highest BCUT2D eigenvalue weighted by atomic mass is 16.5. The second-order valence-corrected chi connectivity index (χ2v) is 5.92. The molecule has 2 aromatic rings. The average Bonchev–Trinajstić information content (AvgIpc) is 2.80. The van der Waals surface area contributed by atoms with Gasteiger partial charge in [0.1, 0.15) is 18.1 Å². The van der Waals surface area contributed by atoms with E-state index in [0.29, 0.717) is 6.61 Å². The molecule has 0 saturated heterocycles. The summed E-state index contributed by atoms with van der Waals surface area (Å²) in [5, 5.41) is 11.3. The fourth-order valence-electron chi connectivity index (χ4n) is 1.69. The number of nitrogens with zero attached hydrogens (tertiary/aromatic N) is 3. The Morgan fingerprint density at radius 2 is 1.90 bits per heavy atom. The summed E-state index contributed by atoms with van der Waals surface area (Å²) >= 11 is 0. The number of ether oxygens (including phenoxy) is 1. The molecule has 0 atom stereocenters. The summed E-state index contributed by atoms with van der Waals surface area (Å²) in [7, 11) is 1.84. The van der Waals surface area contributed by atoms with E-state index in [1.165, 1.54) is 5.56 Å². The maximum absolute atomic E-state index is 5.67. The number of nitrogens with one attached hydrogen (secondary N) is 1. The van der Waals surface area contributed by atoms with Crippen LogP contribution in [-0.4, -0.2) is 20.5 Å². The lowest BCUT2D eigenvalue weighted by Gasteiger charge is -2.20. The van der Waals surface area contributed by atoms with Crippen LogP contribution in [0, 0.1) is 0 Å². The van der Waals surface area contributed by atoms with Crippen molar-refractivity contribution in [3.05, 3.63) is 41.7 Å². The fourth-order valence-corrected chi connectivity index (χ4v) is 1.69. The summed E-state index contributed by atoms with van der Waals surface area (Å²) < 4.78 is 7.34. The third kappa shape index (κ3) is 4.66. The zero-order chi connectivity index (χ0) is 14.6. The molecule has 20 heavy (non-hydrogen) atoms. The SMILES string of the molecule is Cn1cc(COc2ccc(CNC(C)(C)C)cc2)nn1. The Kier molecular flexibility index (Phi) is 4.39. The summed E-state index contributed by atoms with van der Waals surface area (Å²) in [5.74, 6) is 0.843. The van der Waals surface area contributed by atoms with Gasteiger partial charge in [-0.05, 0) is 38.5 Å². The van der Waals surface area contributed by atoms with Crippen LogP contribution in [0.1, 0.15) is 32.0 Å². The Bertz CT molecular complexity index is 540. The van der Waals surface area contributed by atoms with Gasteiger partial charge in [-0.25, -0.2) is 0 Å². The molecule has 0 spiro atoms. The molecule has 0 saturated carbocycles. The second kappa shape index (κ2) is 6.05. The van der Waals surface area contributed by atoms with Gasteiger partial charge in [0, 0.05) is 19.1 Å². The molecule has 0 aliphatic rings. The fraction of sp³-hybridized carbons (Fsp3) is 0.467. The first-order chi connectivity index (χ1) is 9.42. The van der Waals surface area contributed by atoms with Gasteiger partial charge < -0.3 is 10.1 Å². The average molecular weight is 274 g/mol. The van der Waals surface area contributed by atoms with Gasteiger partial charge in [0.05, 0.1) is 6.20 Å². The van der Waals surface area contributed by atoms with Crippen LogP contribution >= 0.6 is 0 Å².